The maximum Gasteiger partial charge on any atom is 0.345 e. The Hall–Kier alpha value is -0.920. The van der Waals surface area contributed by atoms with E-state index in [9.17, 15) is 13.2 Å². The van der Waals surface area contributed by atoms with Crippen molar-refractivity contribution in [3.8, 4) is 0 Å². The summed E-state index contributed by atoms with van der Waals surface area (Å²) in [6.45, 7) is 5.15. The van der Waals surface area contributed by atoms with E-state index in [4.69, 9.17) is 5.11 Å². The van der Waals surface area contributed by atoms with Crippen LogP contribution in [0.5, 0.6) is 0 Å². The van der Waals surface area contributed by atoms with Crippen molar-refractivity contribution in [3.05, 3.63) is 16.3 Å². The van der Waals surface area contributed by atoms with E-state index in [-0.39, 0.29) is 9.77 Å². The van der Waals surface area contributed by atoms with Crippen molar-refractivity contribution >= 4 is 27.3 Å². The highest BCUT2D eigenvalue weighted by atomic mass is 32.2. The molecule has 90 valence electrons. The van der Waals surface area contributed by atoms with Crippen molar-refractivity contribution in [2.75, 3.05) is 0 Å². The molecule has 0 fully saturated rings. The predicted molar refractivity (Wildman–Crippen MR) is 61.4 cm³/mol. The normalized spacial score (nSPS) is 12.7. The van der Waals surface area contributed by atoms with Gasteiger partial charge in [0.05, 0.1) is 4.90 Å². The summed E-state index contributed by atoms with van der Waals surface area (Å²) in [5.74, 6) is -1.12. The molecule has 0 unspecified atom stereocenters. The number of carboxylic acids is 1. The third-order valence-corrected chi connectivity index (χ3v) is 4.34. The van der Waals surface area contributed by atoms with Gasteiger partial charge >= 0.3 is 5.97 Å². The van der Waals surface area contributed by atoms with E-state index in [0.29, 0.717) is 0 Å². The highest BCUT2D eigenvalue weighted by molar-refractivity contribution is 7.89. The standard InChI is InChI=1S/C9H13NO4S2/c1-9(2,3)10-16(13,14)6-4-7(8(11)12)15-5-6/h4-5,10H,1-3H3,(H,11,12). The van der Waals surface area contributed by atoms with Gasteiger partial charge in [0.15, 0.2) is 0 Å². The number of hydrogen-bond donors (Lipinski definition) is 2. The van der Waals surface area contributed by atoms with Crippen LogP contribution in [0.25, 0.3) is 0 Å². The summed E-state index contributed by atoms with van der Waals surface area (Å²) >= 11 is 0.892. The minimum absolute atomic E-state index is 0.00860. The lowest BCUT2D eigenvalue weighted by Gasteiger charge is -2.19. The second-order valence-electron chi connectivity index (χ2n) is 4.31. The first-order chi connectivity index (χ1) is 7.12. The molecule has 2 N–H and O–H groups in total. The first-order valence-electron chi connectivity index (χ1n) is 4.48. The SMILES string of the molecule is CC(C)(C)NS(=O)(=O)c1csc(C(=O)O)c1. The summed E-state index contributed by atoms with van der Waals surface area (Å²) in [7, 11) is -3.63. The van der Waals surface area contributed by atoms with Crippen molar-refractivity contribution in [2.45, 2.75) is 31.2 Å². The summed E-state index contributed by atoms with van der Waals surface area (Å²) in [4.78, 5) is 10.6. The quantitative estimate of drug-likeness (QED) is 0.866. The van der Waals surface area contributed by atoms with Gasteiger partial charge in [-0.2, -0.15) is 0 Å². The fourth-order valence-electron chi connectivity index (χ4n) is 1.03. The van der Waals surface area contributed by atoms with Gasteiger partial charge < -0.3 is 5.11 Å². The molecule has 1 heterocycles. The number of aromatic carboxylic acids is 1. The van der Waals surface area contributed by atoms with Crippen LogP contribution < -0.4 is 4.72 Å². The molecule has 0 amide bonds. The fraction of sp³-hybridized carbons (Fsp3) is 0.444. The van der Waals surface area contributed by atoms with Crippen LogP contribution in [-0.4, -0.2) is 25.0 Å². The molecule has 1 aromatic rings. The number of carbonyl (C=O) groups is 1. The molecule has 0 saturated heterocycles. The summed E-state index contributed by atoms with van der Waals surface area (Å²) in [6, 6.07) is 1.15. The average molecular weight is 263 g/mol. The van der Waals surface area contributed by atoms with Crippen LogP contribution in [0.2, 0.25) is 0 Å². The van der Waals surface area contributed by atoms with Crippen LogP contribution in [0, 0.1) is 0 Å². The average Bonchev–Trinajstić information content (AvgIpc) is 2.46. The molecule has 0 aliphatic rings. The topological polar surface area (TPSA) is 83.5 Å². The van der Waals surface area contributed by atoms with Crippen molar-refractivity contribution in [3.63, 3.8) is 0 Å². The van der Waals surface area contributed by atoms with Gasteiger partial charge in [-0.25, -0.2) is 17.9 Å². The zero-order chi connectivity index (χ0) is 12.6. The van der Waals surface area contributed by atoms with Gasteiger partial charge in [0.2, 0.25) is 10.0 Å². The van der Waals surface area contributed by atoms with Crippen LogP contribution in [-0.2, 0) is 10.0 Å². The number of nitrogens with one attached hydrogen (secondary N) is 1. The second kappa shape index (κ2) is 4.15. The minimum atomic E-state index is -3.63. The molecule has 7 heteroatoms. The lowest BCUT2D eigenvalue weighted by molar-refractivity contribution is 0.0702. The molecule has 0 aliphatic carbocycles. The first kappa shape index (κ1) is 13.1. The molecule has 1 rings (SSSR count). The lowest BCUT2D eigenvalue weighted by atomic mass is 10.1. The maximum absolute atomic E-state index is 11.8. The highest BCUT2D eigenvalue weighted by Gasteiger charge is 2.23. The fourth-order valence-corrected chi connectivity index (χ4v) is 3.56. The van der Waals surface area contributed by atoms with Crippen LogP contribution >= 0.6 is 11.3 Å². The van der Waals surface area contributed by atoms with E-state index >= 15 is 0 Å². The number of carboxylic acid groups (broad SMARTS) is 1. The molecule has 0 saturated carbocycles. The van der Waals surface area contributed by atoms with E-state index in [2.05, 4.69) is 4.72 Å². The monoisotopic (exact) mass is 263 g/mol. The molecule has 0 atom stereocenters. The highest BCUT2D eigenvalue weighted by Crippen LogP contribution is 2.20. The molecule has 0 spiro atoms. The molecular formula is C9H13NO4S2. The minimum Gasteiger partial charge on any atom is -0.477 e. The van der Waals surface area contributed by atoms with Crippen LogP contribution in [0.15, 0.2) is 16.3 Å². The van der Waals surface area contributed by atoms with Gasteiger partial charge in [-0.05, 0) is 26.8 Å². The Morgan fingerprint density at radius 1 is 1.44 bits per heavy atom. The smallest absolute Gasteiger partial charge is 0.345 e. The number of hydrogen-bond acceptors (Lipinski definition) is 4. The Labute approximate surface area is 98.2 Å². The van der Waals surface area contributed by atoms with Gasteiger partial charge in [0.25, 0.3) is 0 Å². The van der Waals surface area contributed by atoms with Gasteiger partial charge in [0.1, 0.15) is 4.88 Å². The molecule has 0 bridgehead atoms. The van der Waals surface area contributed by atoms with Crippen molar-refractivity contribution < 1.29 is 18.3 Å². The molecular weight excluding hydrogens is 250 g/mol. The molecule has 0 aliphatic heterocycles. The van der Waals surface area contributed by atoms with Crippen LogP contribution in [0.4, 0.5) is 0 Å². The Bertz CT molecular complexity index is 496. The third kappa shape index (κ3) is 3.29. The van der Waals surface area contributed by atoms with E-state index in [0.717, 1.165) is 17.4 Å². The Balaban J connectivity index is 3.04. The summed E-state index contributed by atoms with van der Waals surface area (Å²) < 4.78 is 26.0. The molecule has 1 aromatic heterocycles. The molecule has 5 nitrogen and oxygen atoms in total. The van der Waals surface area contributed by atoms with Gasteiger partial charge in [0, 0.05) is 10.9 Å². The van der Waals surface area contributed by atoms with Crippen molar-refractivity contribution in [2.24, 2.45) is 0 Å². The lowest BCUT2D eigenvalue weighted by Crippen LogP contribution is -2.40. The number of thiophene rings is 1. The largest absolute Gasteiger partial charge is 0.477 e. The molecule has 0 radical (unpaired) electrons. The Kier molecular flexibility index (Phi) is 3.41. The summed E-state index contributed by atoms with van der Waals surface area (Å²) in [6.07, 6.45) is 0. The van der Waals surface area contributed by atoms with E-state index in [1.807, 2.05) is 0 Å². The second-order valence-corrected chi connectivity index (χ2v) is 6.90. The molecule has 0 aromatic carbocycles. The zero-order valence-electron chi connectivity index (χ0n) is 9.14. The summed E-state index contributed by atoms with van der Waals surface area (Å²) in [5, 5.41) is 10.0. The number of sulfonamides is 1. The van der Waals surface area contributed by atoms with Gasteiger partial charge in [-0.15, -0.1) is 11.3 Å². The predicted octanol–water partition coefficient (Wildman–Crippen LogP) is 1.52. The van der Waals surface area contributed by atoms with Crippen molar-refractivity contribution in [1.29, 1.82) is 0 Å². The molecule has 16 heavy (non-hydrogen) atoms. The zero-order valence-corrected chi connectivity index (χ0v) is 10.8. The Morgan fingerprint density at radius 2 is 2.00 bits per heavy atom. The number of rotatable bonds is 3. The van der Waals surface area contributed by atoms with Crippen LogP contribution in [0.3, 0.4) is 0 Å². The van der Waals surface area contributed by atoms with Crippen molar-refractivity contribution in [1.82, 2.24) is 4.72 Å². The summed E-state index contributed by atoms with van der Waals surface area (Å²) in [5.41, 5.74) is -0.593. The van der Waals surface area contributed by atoms with Gasteiger partial charge in [-0.3, -0.25) is 0 Å². The van der Waals surface area contributed by atoms with E-state index in [1.54, 1.807) is 20.8 Å². The van der Waals surface area contributed by atoms with Crippen LogP contribution in [0.1, 0.15) is 30.4 Å². The Morgan fingerprint density at radius 3 is 2.38 bits per heavy atom. The van der Waals surface area contributed by atoms with E-state index in [1.165, 1.54) is 5.38 Å². The third-order valence-electron chi connectivity index (χ3n) is 1.54. The maximum atomic E-state index is 11.8. The first-order valence-corrected chi connectivity index (χ1v) is 6.84. The van der Waals surface area contributed by atoms with Gasteiger partial charge in [-0.1, -0.05) is 0 Å². The van der Waals surface area contributed by atoms with E-state index < -0.39 is 21.5 Å².